The van der Waals surface area contributed by atoms with Crippen LogP contribution < -0.4 is 9.47 Å². The molecule has 2 rings (SSSR count). The van der Waals surface area contributed by atoms with Gasteiger partial charge in [-0.2, -0.15) is 0 Å². The van der Waals surface area contributed by atoms with Gasteiger partial charge in [-0.15, -0.1) is 4.91 Å². The summed E-state index contributed by atoms with van der Waals surface area (Å²) in [6, 6.07) is 9.96. The van der Waals surface area contributed by atoms with Crippen LogP contribution in [0.4, 0.5) is 5.69 Å². The van der Waals surface area contributed by atoms with Crippen LogP contribution in [0, 0.1) is 4.91 Å². The topological polar surface area (TPSA) is 47.9 Å². The molecule has 0 fully saturated rings. The van der Waals surface area contributed by atoms with Crippen molar-refractivity contribution in [3.8, 4) is 11.5 Å². The van der Waals surface area contributed by atoms with E-state index in [0.717, 1.165) is 37.0 Å². The van der Waals surface area contributed by atoms with Crippen molar-refractivity contribution in [1.29, 1.82) is 0 Å². The van der Waals surface area contributed by atoms with Crippen molar-refractivity contribution in [2.24, 2.45) is 5.18 Å². The molecule has 4 nitrogen and oxygen atoms in total. The summed E-state index contributed by atoms with van der Waals surface area (Å²) in [4.78, 5) is 10.9. The quantitative estimate of drug-likeness (QED) is 0.640. The Balaban J connectivity index is 2.21. The number of nitrogens with zero attached hydrogens (tertiary/aromatic N) is 1. The molecule has 24 heavy (non-hydrogen) atoms. The highest BCUT2D eigenvalue weighted by atomic mass is 16.5. The lowest BCUT2D eigenvalue weighted by atomic mass is 9.95. The van der Waals surface area contributed by atoms with Crippen molar-refractivity contribution >= 4 is 5.69 Å². The maximum Gasteiger partial charge on any atom is 0.150 e. The molecule has 0 bridgehead atoms. The largest absolute Gasteiger partial charge is 0.496 e. The van der Waals surface area contributed by atoms with Crippen LogP contribution in [0.1, 0.15) is 36.1 Å². The second kappa shape index (κ2) is 8.48. The van der Waals surface area contributed by atoms with E-state index in [1.165, 1.54) is 23.8 Å². The third-order valence-electron chi connectivity index (χ3n) is 4.36. The molecule has 0 saturated heterocycles. The zero-order valence-corrected chi connectivity index (χ0v) is 14.9. The van der Waals surface area contributed by atoms with Gasteiger partial charge in [-0.3, -0.25) is 0 Å². The summed E-state index contributed by atoms with van der Waals surface area (Å²) < 4.78 is 10.7. The molecule has 4 heteroatoms. The highest BCUT2D eigenvalue weighted by Gasteiger charge is 2.10. The van der Waals surface area contributed by atoms with E-state index in [1.54, 1.807) is 19.2 Å². The van der Waals surface area contributed by atoms with Gasteiger partial charge in [0.1, 0.15) is 17.2 Å². The molecule has 128 valence electrons. The second-order valence-corrected chi connectivity index (χ2v) is 5.74. The van der Waals surface area contributed by atoms with E-state index in [2.05, 4.69) is 31.2 Å². The van der Waals surface area contributed by atoms with Crippen molar-refractivity contribution in [2.75, 3.05) is 14.2 Å². The lowest BCUT2D eigenvalue weighted by molar-refractivity contribution is 0.409. The molecule has 2 aromatic rings. The Morgan fingerprint density at radius 1 is 0.875 bits per heavy atom. The van der Waals surface area contributed by atoms with Crippen molar-refractivity contribution in [3.63, 3.8) is 0 Å². The van der Waals surface area contributed by atoms with Crippen LogP contribution in [0.5, 0.6) is 11.5 Å². The molecule has 0 aliphatic heterocycles. The molecule has 0 aliphatic rings. The van der Waals surface area contributed by atoms with Crippen LogP contribution in [0.2, 0.25) is 0 Å². The van der Waals surface area contributed by atoms with Gasteiger partial charge in [-0.1, -0.05) is 26.0 Å². The van der Waals surface area contributed by atoms with Crippen molar-refractivity contribution in [2.45, 2.75) is 39.5 Å². The molecule has 0 amide bonds. The van der Waals surface area contributed by atoms with Gasteiger partial charge < -0.3 is 9.47 Å². The Morgan fingerprint density at radius 2 is 1.58 bits per heavy atom. The van der Waals surface area contributed by atoms with Crippen molar-refractivity contribution in [3.05, 3.63) is 57.5 Å². The lowest BCUT2D eigenvalue weighted by Crippen LogP contribution is -2.00. The fraction of sp³-hybridized carbons (Fsp3) is 0.400. The number of hydrogen-bond acceptors (Lipinski definition) is 4. The van der Waals surface area contributed by atoms with Crippen LogP contribution in [0.25, 0.3) is 0 Å². The normalized spacial score (nSPS) is 10.5. The smallest absolute Gasteiger partial charge is 0.150 e. The maximum atomic E-state index is 10.9. The first-order valence-corrected chi connectivity index (χ1v) is 8.35. The summed E-state index contributed by atoms with van der Waals surface area (Å²) in [5.74, 6) is 1.48. The number of ether oxygens (including phenoxy) is 2. The summed E-state index contributed by atoms with van der Waals surface area (Å²) >= 11 is 0. The van der Waals surface area contributed by atoms with Crippen molar-refractivity contribution in [1.82, 2.24) is 0 Å². The van der Waals surface area contributed by atoms with Crippen LogP contribution in [0.3, 0.4) is 0 Å². The molecule has 0 atom stereocenters. The first kappa shape index (κ1) is 18.0. The molecule has 0 heterocycles. The molecule has 0 N–H and O–H groups in total. The highest BCUT2D eigenvalue weighted by Crippen LogP contribution is 2.30. The molecule has 0 aliphatic carbocycles. The minimum Gasteiger partial charge on any atom is -0.496 e. The number of nitroso groups, excluding NO2 is 1. The average molecular weight is 327 g/mol. The lowest BCUT2D eigenvalue weighted by Gasteiger charge is -2.14. The Kier molecular flexibility index (Phi) is 6.36. The summed E-state index contributed by atoms with van der Waals surface area (Å²) in [7, 11) is 3.26. The van der Waals surface area contributed by atoms with Gasteiger partial charge in [0.05, 0.1) is 14.2 Å². The minimum atomic E-state index is 0.350. The molecule has 0 aromatic heterocycles. The molecule has 0 spiro atoms. The van der Waals surface area contributed by atoms with Crippen LogP contribution in [0.15, 0.2) is 35.5 Å². The zero-order chi connectivity index (χ0) is 17.5. The molecule has 2 aromatic carbocycles. The number of aryl methyl sites for hydroxylation is 3. The van der Waals surface area contributed by atoms with Gasteiger partial charge in [0.15, 0.2) is 0 Å². The van der Waals surface area contributed by atoms with E-state index in [0.29, 0.717) is 11.4 Å². The van der Waals surface area contributed by atoms with Gasteiger partial charge >= 0.3 is 0 Å². The van der Waals surface area contributed by atoms with Gasteiger partial charge in [0.25, 0.3) is 0 Å². The molecule has 0 saturated carbocycles. The number of hydrogen-bond donors (Lipinski definition) is 0. The summed E-state index contributed by atoms with van der Waals surface area (Å²) in [5.41, 5.74) is 5.31. The highest BCUT2D eigenvalue weighted by molar-refractivity contribution is 5.53. The zero-order valence-electron chi connectivity index (χ0n) is 14.9. The van der Waals surface area contributed by atoms with Crippen LogP contribution in [-0.4, -0.2) is 14.2 Å². The van der Waals surface area contributed by atoms with Gasteiger partial charge in [-0.25, -0.2) is 0 Å². The predicted molar refractivity (Wildman–Crippen MR) is 97.6 cm³/mol. The molecule has 0 radical (unpaired) electrons. The van der Waals surface area contributed by atoms with E-state index >= 15 is 0 Å². The van der Waals surface area contributed by atoms with E-state index in [-0.39, 0.29) is 0 Å². The van der Waals surface area contributed by atoms with Gasteiger partial charge in [0.2, 0.25) is 0 Å². The van der Waals surface area contributed by atoms with Crippen LogP contribution in [-0.2, 0) is 25.7 Å². The fourth-order valence-electron chi connectivity index (χ4n) is 3.06. The van der Waals surface area contributed by atoms with E-state index < -0.39 is 0 Å². The van der Waals surface area contributed by atoms with Crippen molar-refractivity contribution < 1.29 is 9.47 Å². The van der Waals surface area contributed by atoms with E-state index in [4.69, 9.17) is 9.47 Å². The second-order valence-electron chi connectivity index (χ2n) is 5.74. The molecular formula is C20H25NO3. The predicted octanol–water partition coefficient (Wildman–Crippen LogP) is 5.01. The van der Waals surface area contributed by atoms with Gasteiger partial charge in [0, 0.05) is 0 Å². The number of methoxy groups -OCH3 is 2. The van der Waals surface area contributed by atoms with Gasteiger partial charge in [-0.05, 0) is 71.3 Å². The first-order chi connectivity index (χ1) is 11.7. The number of benzene rings is 2. The summed E-state index contributed by atoms with van der Waals surface area (Å²) in [6.07, 6.45) is 3.69. The Labute approximate surface area is 143 Å². The fourth-order valence-corrected chi connectivity index (χ4v) is 3.06. The molecular weight excluding hydrogens is 302 g/mol. The third-order valence-corrected chi connectivity index (χ3v) is 4.36. The third kappa shape index (κ3) is 3.94. The maximum absolute atomic E-state index is 10.9. The van der Waals surface area contributed by atoms with E-state index in [1.807, 2.05) is 6.07 Å². The molecule has 0 unspecified atom stereocenters. The Bertz CT molecular complexity index is 685. The SMILES string of the molecule is CCc1cc(CCc2ccc(OC)c(N=O)c2)cc(OC)c1CC. The Morgan fingerprint density at radius 3 is 2.17 bits per heavy atom. The number of rotatable bonds is 8. The first-order valence-electron chi connectivity index (χ1n) is 8.35. The summed E-state index contributed by atoms with van der Waals surface area (Å²) in [5, 5.41) is 3.04. The minimum absolute atomic E-state index is 0.350. The van der Waals surface area contributed by atoms with Crippen LogP contribution >= 0.6 is 0 Å². The average Bonchev–Trinajstić information content (AvgIpc) is 2.64. The monoisotopic (exact) mass is 327 g/mol. The van der Waals surface area contributed by atoms with E-state index in [9.17, 15) is 4.91 Å². The summed E-state index contributed by atoms with van der Waals surface area (Å²) in [6.45, 7) is 4.32. The standard InChI is InChI=1S/C20H25NO3/c1-5-16-11-15(13-20(24-4)17(16)6-2)8-7-14-9-10-19(23-3)18(12-14)21-22/h9-13H,5-8H2,1-4H3. The Hall–Kier alpha value is -2.36.